The van der Waals surface area contributed by atoms with Gasteiger partial charge in [0.25, 0.3) is 0 Å². The number of anilines is 3. The Labute approximate surface area is 206 Å². The quantitative estimate of drug-likeness (QED) is 0.238. The fourth-order valence-corrected chi connectivity index (χ4v) is 4.60. The Morgan fingerprint density at radius 1 is 0.343 bits per heavy atom. The number of fused-ring (bicyclic) bond motifs is 2. The molecule has 0 spiro atoms. The van der Waals surface area contributed by atoms with E-state index in [2.05, 4.69) is 157 Å². The maximum Gasteiger partial charge on any atom is 0.0468 e. The number of hydrogen-bond donors (Lipinski definition) is 0. The van der Waals surface area contributed by atoms with Gasteiger partial charge in [0, 0.05) is 17.1 Å². The zero-order valence-corrected chi connectivity index (χ0v) is 19.4. The molecule has 1 heteroatoms. The summed E-state index contributed by atoms with van der Waals surface area (Å²) in [7, 11) is 0. The number of hydrogen-bond acceptors (Lipinski definition) is 1. The molecule has 0 N–H and O–H groups in total. The van der Waals surface area contributed by atoms with Gasteiger partial charge in [-0.15, -0.1) is 0 Å². The maximum absolute atomic E-state index is 2.30. The van der Waals surface area contributed by atoms with Crippen molar-refractivity contribution in [1.29, 1.82) is 0 Å². The van der Waals surface area contributed by atoms with Crippen molar-refractivity contribution in [2.75, 3.05) is 4.90 Å². The van der Waals surface area contributed by atoms with E-state index in [9.17, 15) is 0 Å². The van der Waals surface area contributed by atoms with E-state index >= 15 is 0 Å². The molecule has 0 saturated heterocycles. The highest BCUT2D eigenvalue weighted by Crippen LogP contribution is 2.35. The summed E-state index contributed by atoms with van der Waals surface area (Å²) in [6.45, 7) is 0. The molecule has 0 aliphatic heterocycles. The third-order valence-corrected chi connectivity index (χ3v) is 6.38. The molecule has 0 bridgehead atoms. The summed E-state index contributed by atoms with van der Waals surface area (Å²) in [5.41, 5.74) is 5.84. The molecule has 6 rings (SSSR count). The third-order valence-electron chi connectivity index (χ3n) is 6.38. The molecule has 0 fully saturated rings. The van der Waals surface area contributed by atoms with Gasteiger partial charge in [0.1, 0.15) is 0 Å². The van der Waals surface area contributed by atoms with Gasteiger partial charge >= 0.3 is 0 Å². The molecule has 0 unspecified atom stereocenters. The van der Waals surface area contributed by atoms with E-state index in [4.69, 9.17) is 0 Å². The number of benzene rings is 6. The van der Waals surface area contributed by atoms with E-state index in [0.29, 0.717) is 0 Å². The fourth-order valence-electron chi connectivity index (χ4n) is 4.60. The second-order valence-electron chi connectivity index (χ2n) is 8.74. The highest BCUT2D eigenvalue weighted by molar-refractivity contribution is 5.91. The molecule has 6 aromatic carbocycles. The van der Waals surface area contributed by atoms with Crippen LogP contribution < -0.4 is 4.90 Å². The summed E-state index contributed by atoms with van der Waals surface area (Å²) >= 11 is 0. The molecule has 0 amide bonds. The summed E-state index contributed by atoms with van der Waals surface area (Å²) in [6.07, 6.45) is 4.38. The maximum atomic E-state index is 2.30. The second-order valence-corrected chi connectivity index (χ2v) is 8.74. The molecular weight excluding hydrogens is 422 g/mol. The van der Waals surface area contributed by atoms with Gasteiger partial charge in [0.15, 0.2) is 0 Å². The monoisotopic (exact) mass is 447 g/mol. The minimum atomic E-state index is 1.15. The smallest absolute Gasteiger partial charge is 0.0468 e. The van der Waals surface area contributed by atoms with E-state index in [1.807, 2.05) is 0 Å². The zero-order chi connectivity index (χ0) is 23.5. The van der Waals surface area contributed by atoms with E-state index in [0.717, 1.165) is 17.1 Å². The van der Waals surface area contributed by atoms with Gasteiger partial charge in [0.05, 0.1) is 0 Å². The van der Waals surface area contributed by atoms with Crippen LogP contribution in [0, 0.1) is 0 Å². The first kappa shape index (κ1) is 20.9. The zero-order valence-electron chi connectivity index (χ0n) is 19.4. The van der Waals surface area contributed by atoms with Crippen molar-refractivity contribution >= 4 is 50.8 Å². The van der Waals surface area contributed by atoms with Crippen molar-refractivity contribution in [3.05, 3.63) is 151 Å². The van der Waals surface area contributed by atoms with Crippen LogP contribution in [0.15, 0.2) is 140 Å². The molecule has 0 atom stereocenters. The van der Waals surface area contributed by atoms with Crippen LogP contribution in [0.1, 0.15) is 11.1 Å². The average molecular weight is 448 g/mol. The predicted octanol–water partition coefficient (Wildman–Crippen LogP) is 9.63. The molecule has 6 aromatic rings. The Morgan fingerprint density at radius 2 is 0.800 bits per heavy atom. The first-order chi connectivity index (χ1) is 17.3. The first-order valence-electron chi connectivity index (χ1n) is 11.9. The average Bonchev–Trinajstić information content (AvgIpc) is 2.93. The van der Waals surface area contributed by atoms with Crippen molar-refractivity contribution in [3.63, 3.8) is 0 Å². The van der Waals surface area contributed by atoms with E-state index in [-0.39, 0.29) is 0 Å². The lowest BCUT2D eigenvalue weighted by Gasteiger charge is -2.25. The van der Waals surface area contributed by atoms with Crippen molar-refractivity contribution in [1.82, 2.24) is 0 Å². The van der Waals surface area contributed by atoms with Crippen LogP contribution in [0.2, 0.25) is 0 Å². The van der Waals surface area contributed by atoms with Crippen LogP contribution in [0.3, 0.4) is 0 Å². The molecule has 35 heavy (non-hydrogen) atoms. The fraction of sp³-hybridized carbons (Fsp3) is 0. The largest absolute Gasteiger partial charge is 0.310 e. The summed E-state index contributed by atoms with van der Waals surface area (Å²) in [4.78, 5) is 2.30. The summed E-state index contributed by atoms with van der Waals surface area (Å²) in [5.74, 6) is 0. The van der Waals surface area contributed by atoms with Gasteiger partial charge in [-0.05, 0) is 81.2 Å². The SMILES string of the molecule is C(=Cc1ccc2cc(N(c3ccccc3)c3ccccc3)ccc2c1)c1ccc2ccccc2c1. The van der Waals surface area contributed by atoms with Crippen LogP contribution in [0.5, 0.6) is 0 Å². The van der Waals surface area contributed by atoms with E-state index in [1.54, 1.807) is 0 Å². The molecule has 0 aliphatic rings. The molecule has 0 aliphatic carbocycles. The van der Waals surface area contributed by atoms with E-state index in [1.165, 1.54) is 32.7 Å². The highest BCUT2D eigenvalue weighted by atomic mass is 15.1. The standard InChI is InChI=1S/C34H25N/c1-3-11-32(12-4-1)35(33-13-5-2-6-14-33)34-22-21-30-24-27(18-20-31(30)25-34)16-15-26-17-19-28-9-7-8-10-29(28)23-26/h1-25H. The Morgan fingerprint density at radius 3 is 1.43 bits per heavy atom. The lowest BCUT2D eigenvalue weighted by molar-refractivity contribution is 1.29. The van der Waals surface area contributed by atoms with Crippen LogP contribution in [0.25, 0.3) is 33.7 Å². The third kappa shape index (κ3) is 4.45. The highest BCUT2D eigenvalue weighted by Gasteiger charge is 2.12. The Bertz CT molecular complexity index is 1590. The summed E-state index contributed by atoms with van der Waals surface area (Å²) in [5, 5.41) is 4.99. The molecule has 0 saturated carbocycles. The Kier molecular flexibility index (Phi) is 5.58. The summed E-state index contributed by atoms with van der Waals surface area (Å²) < 4.78 is 0. The lowest BCUT2D eigenvalue weighted by atomic mass is 10.0. The van der Waals surface area contributed by atoms with Crippen LogP contribution >= 0.6 is 0 Å². The Balaban J connectivity index is 1.33. The minimum Gasteiger partial charge on any atom is -0.310 e. The van der Waals surface area contributed by atoms with Crippen LogP contribution in [-0.4, -0.2) is 0 Å². The van der Waals surface area contributed by atoms with Gasteiger partial charge in [-0.3, -0.25) is 0 Å². The van der Waals surface area contributed by atoms with Crippen LogP contribution in [0.4, 0.5) is 17.1 Å². The van der Waals surface area contributed by atoms with Crippen molar-refractivity contribution < 1.29 is 0 Å². The molecule has 166 valence electrons. The van der Waals surface area contributed by atoms with Gasteiger partial charge in [-0.2, -0.15) is 0 Å². The topological polar surface area (TPSA) is 3.24 Å². The van der Waals surface area contributed by atoms with Gasteiger partial charge in [0.2, 0.25) is 0 Å². The summed E-state index contributed by atoms with van der Waals surface area (Å²) in [6, 6.07) is 49.5. The van der Waals surface area contributed by atoms with Gasteiger partial charge in [-0.25, -0.2) is 0 Å². The molecule has 0 aromatic heterocycles. The van der Waals surface area contributed by atoms with Crippen molar-refractivity contribution in [2.24, 2.45) is 0 Å². The molecular formula is C34H25N. The number of nitrogens with zero attached hydrogens (tertiary/aromatic N) is 1. The predicted molar refractivity (Wildman–Crippen MR) is 152 cm³/mol. The Hall–Kier alpha value is -4.62. The first-order valence-corrected chi connectivity index (χ1v) is 11.9. The van der Waals surface area contributed by atoms with E-state index < -0.39 is 0 Å². The number of para-hydroxylation sites is 2. The lowest BCUT2D eigenvalue weighted by Crippen LogP contribution is -2.09. The van der Waals surface area contributed by atoms with Crippen molar-refractivity contribution in [2.45, 2.75) is 0 Å². The van der Waals surface area contributed by atoms with Gasteiger partial charge < -0.3 is 4.90 Å². The normalized spacial score (nSPS) is 11.3. The van der Waals surface area contributed by atoms with Gasteiger partial charge in [-0.1, -0.05) is 103 Å². The minimum absolute atomic E-state index is 1.15. The molecule has 0 heterocycles. The number of rotatable bonds is 5. The molecule has 1 nitrogen and oxygen atoms in total. The van der Waals surface area contributed by atoms with Crippen LogP contribution in [-0.2, 0) is 0 Å². The molecule has 0 radical (unpaired) electrons. The second kappa shape index (κ2) is 9.32. The van der Waals surface area contributed by atoms with Crippen molar-refractivity contribution in [3.8, 4) is 0 Å².